The van der Waals surface area contributed by atoms with E-state index in [-0.39, 0.29) is 5.91 Å². The standard InChI is InChI=1S/C13H13N3O3/c1-16(2)12(18)9-5-3-8(4-6-9)10-7-14-13(19)15-11(10)17/h3-7H,1-2H3,(H2,14,15,17,19). The second-order valence-electron chi connectivity index (χ2n) is 4.26. The van der Waals surface area contributed by atoms with E-state index in [1.54, 1.807) is 38.4 Å². The minimum atomic E-state index is -0.548. The molecule has 0 aliphatic heterocycles. The van der Waals surface area contributed by atoms with E-state index in [0.717, 1.165) is 0 Å². The number of carbonyl (C=O) groups excluding carboxylic acids is 1. The second kappa shape index (κ2) is 4.93. The Labute approximate surface area is 108 Å². The molecule has 0 bridgehead atoms. The number of carbonyl (C=O) groups is 1. The molecule has 0 saturated heterocycles. The third kappa shape index (κ3) is 2.62. The Morgan fingerprint density at radius 2 is 1.74 bits per heavy atom. The van der Waals surface area contributed by atoms with Gasteiger partial charge in [-0.15, -0.1) is 0 Å². The van der Waals surface area contributed by atoms with Gasteiger partial charge in [0.05, 0.1) is 5.56 Å². The summed E-state index contributed by atoms with van der Waals surface area (Å²) in [6.07, 6.45) is 1.35. The molecular weight excluding hydrogens is 246 g/mol. The van der Waals surface area contributed by atoms with E-state index >= 15 is 0 Å². The number of hydrogen-bond acceptors (Lipinski definition) is 3. The van der Waals surface area contributed by atoms with Crippen molar-refractivity contribution in [3.05, 3.63) is 56.9 Å². The highest BCUT2D eigenvalue weighted by atomic mass is 16.2. The maximum absolute atomic E-state index is 11.7. The highest BCUT2D eigenvalue weighted by molar-refractivity contribution is 5.94. The van der Waals surface area contributed by atoms with Crippen LogP contribution in [0.2, 0.25) is 0 Å². The van der Waals surface area contributed by atoms with Gasteiger partial charge in [0.2, 0.25) is 0 Å². The number of H-pyrrole nitrogens is 2. The first-order valence-corrected chi connectivity index (χ1v) is 5.63. The lowest BCUT2D eigenvalue weighted by atomic mass is 10.1. The van der Waals surface area contributed by atoms with Crippen molar-refractivity contribution in [2.45, 2.75) is 0 Å². The summed E-state index contributed by atoms with van der Waals surface area (Å²) in [5, 5.41) is 0. The average molecular weight is 259 g/mol. The van der Waals surface area contributed by atoms with E-state index in [1.165, 1.54) is 11.1 Å². The van der Waals surface area contributed by atoms with Crippen LogP contribution in [0.5, 0.6) is 0 Å². The Morgan fingerprint density at radius 1 is 1.11 bits per heavy atom. The van der Waals surface area contributed by atoms with Crippen LogP contribution in [0.25, 0.3) is 11.1 Å². The molecule has 0 fully saturated rings. The summed E-state index contributed by atoms with van der Waals surface area (Å²) in [5.74, 6) is -0.109. The van der Waals surface area contributed by atoms with Crippen molar-refractivity contribution in [1.29, 1.82) is 0 Å². The maximum atomic E-state index is 11.7. The van der Waals surface area contributed by atoms with Gasteiger partial charge in [-0.25, -0.2) is 4.79 Å². The number of nitrogens with zero attached hydrogens (tertiary/aromatic N) is 1. The number of hydrogen-bond donors (Lipinski definition) is 2. The molecule has 1 aromatic heterocycles. The van der Waals surface area contributed by atoms with Crippen LogP contribution in [-0.4, -0.2) is 34.9 Å². The predicted octanol–water partition coefficient (Wildman–Crippen LogP) is 0.432. The van der Waals surface area contributed by atoms with Gasteiger partial charge in [0.1, 0.15) is 0 Å². The van der Waals surface area contributed by atoms with Crippen LogP contribution < -0.4 is 11.2 Å². The van der Waals surface area contributed by atoms with Crippen LogP contribution >= 0.6 is 0 Å². The summed E-state index contributed by atoms with van der Waals surface area (Å²) < 4.78 is 0. The predicted molar refractivity (Wildman–Crippen MR) is 71.1 cm³/mol. The SMILES string of the molecule is CN(C)C(=O)c1ccc(-c2c[nH]c(=O)[nH]c2=O)cc1. The highest BCUT2D eigenvalue weighted by Crippen LogP contribution is 2.15. The number of rotatable bonds is 2. The van der Waals surface area contributed by atoms with Crippen LogP contribution in [0.3, 0.4) is 0 Å². The zero-order valence-electron chi connectivity index (χ0n) is 10.6. The summed E-state index contributed by atoms with van der Waals surface area (Å²) in [6.45, 7) is 0. The van der Waals surface area contributed by atoms with E-state index < -0.39 is 11.2 Å². The number of nitrogens with one attached hydrogen (secondary N) is 2. The van der Waals surface area contributed by atoms with Crippen LogP contribution in [0.1, 0.15) is 10.4 Å². The van der Waals surface area contributed by atoms with Crippen molar-refractivity contribution in [1.82, 2.24) is 14.9 Å². The number of aromatic nitrogens is 2. The molecule has 1 amide bonds. The molecule has 2 N–H and O–H groups in total. The molecule has 1 aromatic carbocycles. The molecule has 0 saturated carbocycles. The monoisotopic (exact) mass is 259 g/mol. The van der Waals surface area contributed by atoms with Gasteiger partial charge in [-0.05, 0) is 17.7 Å². The zero-order valence-corrected chi connectivity index (χ0v) is 10.6. The fraction of sp³-hybridized carbons (Fsp3) is 0.154. The molecule has 0 aliphatic carbocycles. The molecule has 6 heteroatoms. The molecule has 0 aliphatic rings. The van der Waals surface area contributed by atoms with Crippen LogP contribution in [0, 0.1) is 0 Å². The van der Waals surface area contributed by atoms with Gasteiger partial charge >= 0.3 is 5.69 Å². The Morgan fingerprint density at radius 3 is 2.26 bits per heavy atom. The van der Waals surface area contributed by atoms with Crippen molar-refractivity contribution in [3.8, 4) is 11.1 Å². The van der Waals surface area contributed by atoms with E-state index in [0.29, 0.717) is 16.7 Å². The van der Waals surface area contributed by atoms with E-state index in [1.807, 2.05) is 0 Å². The molecule has 98 valence electrons. The average Bonchev–Trinajstić information content (AvgIpc) is 2.38. The maximum Gasteiger partial charge on any atom is 0.325 e. The fourth-order valence-electron chi connectivity index (χ4n) is 1.67. The zero-order chi connectivity index (χ0) is 14.0. The number of amides is 1. The minimum absolute atomic E-state index is 0.109. The Hall–Kier alpha value is -2.63. The van der Waals surface area contributed by atoms with E-state index in [2.05, 4.69) is 9.97 Å². The van der Waals surface area contributed by atoms with Gasteiger partial charge in [-0.1, -0.05) is 12.1 Å². The van der Waals surface area contributed by atoms with Gasteiger partial charge in [0.15, 0.2) is 0 Å². The third-order valence-electron chi connectivity index (χ3n) is 2.67. The molecule has 0 spiro atoms. The molecule has 2 rings (SSSR count). The summed E-state index contributed by atoms with van der Waals surface area (Å²) in [7, 11) is 3.34. The molecule has 1 heterocycles. The summed E-state index contributed by atoms with van der Waals surface area (Å²) in [6, 6.07) is 6.61. The number of benzene rings is 1. The topological polar surface area (TPSA) is 86.0 Å². The van der Waals surface area contributed by atoms with Crippen LogP contribution in [0.4, 0.5) is 0 Å². The molecule has 2 aromatic rings. The van der Waals surface area contributed by atoms with Gasteiger partial charge in [-0.2, -0.15) is 0 Å². The molecular formula is C13H13N3O3. The summed E-state index contributed by atoms with van der Waals surface area (Å²) in [5.41, 5.74) is 0.509. The van der Waals surface area contributed by atoms with Crippen molar-refractivity contribution < 1.29 is 4.79 Å². The van der Waals surface area contributed by atoms with Crippen LogP contribution in [0.15, 0.2) is 40.1 Å². The van der Waals surface area contributed by atoms with E-state index in [4.69, 9.17) is 0 Å². The highest BCUT2D eigenvalue weighted by Gasteiger charge is 2.09. The van der Waals surface area contributed by atoms with Gasteiger partial charge in [0, 0.05) is 25.9 Å². The first-order chi connectivity index (χ1) is 8.99. The molecule has 0 atom stereocenters. The summed E-state index contributed by atoms with van der Waals surface area (Å²) in [4.78, 5) is 40.3. The van der Waals surface area contributed by atoms with Gasteiger partial charge in [0.25, 0.3) is 11.5 Å². The fourth-order valence-corrected chi connectivity index (χ4v) is 1.67. The molecule has 19 heavy (non-hydrogen) atoms. The van der Waals surface area contributed by atoms with Crippen LogP contribution in [-0.2, 0) is 0 Å². The Bertz CT molecular complexity index is 711. The third-order valence-corrected chi connectivity index (χ3v) is 2.67. The smallest absolute Gasteiger partial charge is 0.325 e. The molecule has 0 unspecified atom stereocenters. The quantitative estimate of drug-likeness (QED) is 0.820. The Balaban J connectivity index is 2.40. The van der Waals surface area contributed by atoms with Crippen molar-refractivity contribution in [2.24, 2.45) is 0 Å². The van der Waals surface area contributed by atoms with Gasteiger partial charge in [-0.3, -0.25) is 14.6 Å². The van der Waals surface area contributed by atoms with Crippen molar-refractivity contribution in [2.75, 3.05) is 14.1 Å². The molecule has 6 nitrogen and oxygen atoms in total. The van der Waals surface area contributed by atoms with Crippen molar-refractivity contribution >= 4 is 5.91 Å². The lowest BCUT2D eigenvalue weighted by Crippen LogP contribution is -2.23. The lowest BCUT2D eigenvalue weighted by Gasteiger charge is -2.10. The first-order valence-electron chi connectivity index (χ1n) is 5.63. The van der Waals surface area contributed by atoms with E-state index in [9.17, 15) is 14.4 Å². The normalized spacial score (nSPS) is 10.2. The minimum Gasteiger partial charge on any atom is -0.345 e. The van der Waals surface area contributed by atoms with Crippen molar-refractivity contribution in [3.63, 3.8) is 0 Å². The summed E-state index contributed by atoms with van der Waals surface area (Å²) >= 11 is 0. The number of aromatic amines is 2. The Kier molecular flexibility index (Phi) is 3.33. The largest absolute Gasteiger partial charge is 0.345 e. The molecule has 0 radical (unpaired) electrons. The van der Waals surface area contributed by atoms with Gasteiger partial charge < -0.3 is 9.88 Å². The first kappa shape index (κ1) is 12.8. The lowest BCUT2D eigenvalue weighted by molar-refractivity contribution is 0.0827. The second-order valence-corrected chi connectivity index (χ2v) is 4.26.